The fourth-order valence-corrected chi connectivity index (χ4v) is 6.86. The number of ketones is 1. The lowest BCUT2D eigenvalue weighted by Crippen LogP contribution is -2.61. The molecule has 8 amide bonds. The molecule has 1 heterocycles. The molecule has 66 heavy (non-hydrogen) atoms. The minimum atomic E-state index is -1.73. The topological polar surface area (TPSA) is 354 Å². The van der Waals surface area contributed by atoms with Gasteiger partial charge in [0.15, 0.2) is 0 Å². The van der Waals surface area contributed by atoms with Crippen molar-refractivity contribution in [2.24, 2.45) is 11.7 Å². The zero-order chi connectivity index (χ0) is 49.5. The van der Waals surface area contributed by atoms with Crippen molar-refractivity contribution in [2.45, 2.75) is 160 Å². The SMILES string of the molecule is CCCCC[C@H](NC(=O)[C@H](Cc1ccc(O)cc1)NC(=O)[C@@H](N)CC(C)=O)C(=O)N[C@H]1CCCCNC(=O)CCNC(=O)CC[C@@H](C(=O)N[C@H](C(=O)O)C(C)C)NC(=O)[C@H](C(C)O)NC1=O. The first-order valence-electron chi connectivity index (χ1n) is 22.4. The Kier molecular flexibility index (Phi) is 24.3. The quantitative estimate of drug-likeness (QED) is 0.0699. The third-order valence-corrected chi connectivity index (χ3v) is 10.7. The molecule has 0 radical (unpaired) electrons. The first-order chi connectivity index (χ1) is 31.1. The van der Waals surface area contributed by atoms with E-state index in [9.17, 15) is 63.3 Å². The number of amides is 8. The number of carboxylic acid groups (broad SMARTS) is 1. The van der Waals surface area contributed by atoms with E-state index in [4.69, 9.17) is 5.73 Å². The molecule has 0 saturated carbocycles. The van der Waals surface area contributed by atoms with Gasteiger partial charge in [0.2, 0.25) is 47.3 Å². The molecule has 0 bridgehead atoms. The van der Waals surface area contributed by atoms with E-state index in [2.05, 4.69) is 42.5 Å². The molecule has 2 rings (SSSR count). The molecule has 0 aliphatic carbocycles. The van der Waals surface area contributed by atoms with Gasteiger partial charge in [-0.3, -0.25) is 43.2 Å². The number of hydrogen-bond donors (Lipinski definition) is 12. The number of carbonyl (C=O) groups excluding carboxylic acids is 9. The maximum absolute atomic E-state index is 14.2. The lowest BCUT2D eigenvalue weighted by atomic mass is 10.0. The molecule has 1 fully saturated rings. The third kappa shape index (κ3) is 20.3. The van der Waals surface area contributed by atoms with Crippen LogP contribution < -0.4 is 48.3 Å². The second-order valence-electron chi connectivity index (χ2n) is 16.9. The summed E-state index contributed by atoms with van der Waals surface area (Å²) in [4.78, 5) is 131. The molecule has 8 atom stereocenters. The van der Waals surface area contributed by atoms with Crippen molar-refractivity contribution in [3.05, 3.63) is 29.8 Å². The number of Topliss-reactive ketones (excluding diaryl/α,β-unsaturated/α-hetero) is 1. The molecule has 22 nitrogen and oxygen atoms in total. The number of carboxylic acids is 1. The fourth-order valence-electron chi connectivity index (χ4n) is 6.86. The molecular weight excluding hydrogens is 863 g/mol. The number of nitrogens with one attached hydrogen (secondary N) is 8. The number of phenols is 1. The second kappa shape index (κ2) is 28.7. The highest BCUT2D eigenvalue weighted by Gasteiger charge is 2.36. The highest BCUT2D eigenvalue weighted by molar-refractivity contribution is 5.97. The van der Waals surface area contributed by atoms with Crippen LogP contribution in [0.1, 0.15) is 111 Å². The molecule has 1 saturated heterocycles. The van der Waals surface area contributed by atoms with Crippen LogP contribution in [0.25, 0.3) is 0 Å². The van der Waals surface area contributed by atoms with E-state index in [1.54, 1.807) is 13.8 Å². The third-order valence-electron chi connectivity index (χ3n) is 10.7. The van der Waals surface area contributed by atoms with E-state index in [1.807, 2.05) is 6.92 Å². The standard InChI is InChI=1S/C44H69N9O13/c1-6-7-8-11-30(49-42(63)33(23-27-13-15-28(56)16-14-27)51-38(59)29(45)22-25(4)54)39(60)48-31-12-9-10-20-46-35(58)19-21-47-34(57)18-17-32(41(62)52-36(24(2)3)44(65)66)50-43(64)37(26(5)55)53-40(31)61/h13-16,24,26,29-33,36-37,55-56H,6-12,17-23,45H2,1-5H3,(H,46,58)(H,47,57)(H,48,60)(H,49,63)(H,50,64)(H,51,59)(H,52,62)(H,53,61)(H,65,66)/t26?,29-,30-,31-,32-,33-,36-,37-/m0/s1. The molecule has 1 aliphatic heterocycles. The molecule has 22 heteroatoms. The summed E-state index contributed by atoms with van der Waals surface area (Å²) in [7, 11) is 0. The summed E-state index contributed by atoms with van der Waals surface area (Å²) in [6.07, 6.45) is -0.314. The van der Waals surface area contributed by atoms with Gasteiger partial charge in [-0.2, -0.15) is 0 Å². The van der Waals surface area contributed by atoms with Crippen LogP contribution in [0.4, 0.5) is 0 Å². The average Bonchev–Trinajstić information content (AvgIpc) is 3.24. The van der Waals surface area contributed by atoms with Gasteiger partial charge < -0.3 is 63.6 Å². The summed E-state index contributed by atoms with van der Waals surface area (Å²) in [5.74, 6) is -8.65. The van der Waals surface area contributed by atoms with Gasteiger partial charge in [0.25, 0.3) is 0 Å². The monoisotopic (exact) mass is 932 g/mol. The summed E-state index contributed by atoms with van der Waals surface area (Å²) in [6, 6.07) is -4.05. The Morgan fingerprint density at radius 1 is 0.788 bits per heavy atom. The number of aliphatic hydroxyl groups excluding tert-OH is 1. The zero-order valence-electron chi connectivity index (χ0n) is 38.4. The van der Waals surface area contributed by atoms with Crippen LogP contribution in [-0.2, 0) is 54.4 Å². The molecule has 13 N–H and O–H groups in total. The maximum atomic E-state index is 14.2. The molecule has 0 aromatic heterocycles. The van der Waals surface area contributed by atoms with Crippen molar-refractivity contribution in [3.63, 3.8) is 0 Å². The van der Waals surface area contributed by atoms with Gasteiger partial charge in [-0.1, -0.05) is 52.2 Å². The smallest absolute Gasteiger partial charge is 0.326 e. The Morgan fingerprint density at radius 2 is 1.42 bits per heavy atom. The number of unbranched alkanes of at least 4 members (excludes halogenated alkanes) is 2. The average molecular weight is 932 g/mol. The Hall–Kier alpha value is -6.16. The molecule has 1 aromatic rings. The Labute approximate surface area is 384 Å². The molecular formula is C44H69N9O13. The van der Waals surface area contributed by atoms with Crippen molar-refractivity contribution in [1.82, 2.24) is 42.5 Å². The van der Waals surface area contributed by atoms with E-state index in [1.165, 1.54) is 38.1 Å². The zero-order valence-corrected chi connectivity index (χ0v) is 38.4. The number of benzene rings is 1. The fraction of sp³-hybridized carbons (Fsp3) is 0.636. The molecule has 1 aromatic carbocycles. The van der Waals surface area contributed by atoms with Crippen LogP contribution in [0, 0.1) is 5.92 Å². The van der Waals surface area contributed by atoms with Gasteiger partial charge in [0, 0.05) is 38.8 Å². The number of hydrogen-bond acceptors (Lipinski definition) is 13. The summed E-state index contributed by atoms with van der Waals surface area (Å²) >= 11 is 0. The largest absolute Gasteiger partial charge is 0.508 e. The minimum absolute atomic E-state index is 0.0429. The van der Waals surface area contributed by atoms with Crippen LogP contribution in [-0.4, -0.2) is 136 Å². The number of aliphatic carboxylic acids is 1. The van der Waals surface area contributed by atoms with Gasteiger partial charge in [-0.25, -0.2) is 4.79 Å². The first kappa shape index (κ1) is 56.0. The van der Waals surface area contributed by atoms with Crippen LogP contribution in [0.2, 0.25) is 0 Å². The maximum Gasteiger partial charge on any atom is 0.326 e. The number of rotatable bonds is 19. The molecule has 1 aliphatic rings. The van der Waals surface area contributed by atoms with Gasteiger partial charge in [0.05, 0.1) is 12.1 Å². The number of aromatic hydroxyl groups is 1. The normalized spacial score (nSPS) is 20.4. The Bertz CT molecular complexity index is 1840. The predicted octanol–water partition coefficient (Wildman–Crippen LogP) is -1.56. The van der Waals surface area contributed by atoms with Crippen molar-refractivity contribution in [1.29, 1.82) is 0 Å². The Balaban J connectivity index is 2.49. The highest BCUT2D eigenvalue weighted by atomic mass is 16.4. The van der Waals surface area contributed by atoms with E-state index in [0.29, 0.717) is 24.8 Å². The number of aliphatic hydroxyl groups is 1. The summed E-state index contributed by atoms with van der Waals surface area (Å²) in [6.45, 7) is 7.59. The van der Waals surface area contributed by atoms with Gasteiger partial charge in [-0.15, -0.1) is 0 Å². The van der Waals surface area contributed by atoms with Gasteiger partial charge in [-0.05, 0) is 69.6 Å². The lowest BCUT2D eigenvalue weighted by Gasteiger charge is -2.29. The van der Waals surface area contributed by atoms with Gasteiger partial charge in [0.1, 0.15) is 47.8 Å². The van der Waals surface area contributed by atoms with Crippen molar-refractivity contribution in [3.8, 4) is 5.75 Å². The van der Waals surface area contributed by atoms with Crippen molar-refractivity contribution < 1.29 is 63.3 Å². The minimum Gasteiger partial charge on any atom is -0.508 e. The summed E-state index contributed by atoms with van der Waals surface area (Å²) < 4.78 is 0. The van der Waals surface area contributed by atoms with E-state index in [-0.39, 0.29) is 81.9 Å². The van der Waals surface area contributed by atoms with Crippen LogP contribution in [0.3, 0.4) is 0 Å². The number of nitrogens with two attached hydrogens (primary N) is 1. The molecule has 368 valence electrons. The van der Waals surface area contributed by atoms with E-state index < -0.39 is 102 Å². The van der Waals surface area contributed by atoms with Crippen molar-refractivity contribution in [2.75, 3.05) is 13.1 Å². The van der Waals surface area contributed by atoms with Crippen LogP contribution >= 0.6 is 0 Å². The highest BCUT2D eigenvalue weighted by Crippen LogP contribution is 2.14. The van der Waals surface area contributed by atoms with Crippen molar-refractivity contribution >= 4 is 59.0 Å². The van der Waals surface area contributed by atoms with Crippen LogP contribution in [0.5, 0.6) is 5.75 Å². The second-order valence-corrected chi connectivity index (χ2v) is 16.9. The Morgan fingerprint density at radius 3 is 2.03 bits per heavy atom. The van der Waals surface area contributed by atoms with Gasteiger partial charge >= 0.3 is 5.97 Å². The molecule has 0 spiro atoms. The summed E-state index contributed by atoms with van der Waals surface area (Å²) in [5, 5.41) is 50.6. The summed E-state index contributed by atoms with van der Waals surface area (Å²) in [5.41, 5.74) is 6.46. The van der Waals surface area contributed by atoms with E-state index in [0.717, 1.165) is 6.42 Å². The number of phenolic OH excluding ortho intramolecular Hbond substituents is 1. The van der Waals surface area contributed by atoms with Crippen LogP contribution in [0.15, 0.2) is 24.3 Å². The van der Waals surface area contributed by atoms with E-state index >= 15 is 0 Å². The predicted molar refractivity (Wildman–Crippen MR) is 239 cm³/mol. The molecule has 1 unspecified atom stereocenters. The lowest BCUT2D eigenvalue weighted by molar-refractivity contribution is -0.144. The number of carbonyl (C=O) groups is 10. The first-order valence-corrected chi connectivity index (χ1v) is 22.4.